The van der Waals surface area contributed by atoms with Gasteiger partial charge in [-0.25, -0.2) is 4.99 Å². The number of fused-ring (bicyclic) bond motifs is 1. The molecule has 0 saturated heterocycles. The first-order valence-electron chi connectivity index (χ1n) is 6.92. The van der Waals surface area contributed by atoms with Gasteiger partial charge in [-0.15, -0.1) is 0 Å². The summed E-state index contributed by atoms with van der Waals surface area (Å²) in [6.45, 7) is 0. The molecule has 0 aromatic heterocycles. The minimum absolute atomic E-state index is 0.101. The highest BCUT2D eigenvalue weighted by Gasteiger charge is 2.33. The van der Waals surface area contributed by atoms with Crippen LogP contribution in [-0.4, -0.2) is 17.9 Å². The van der Waals surface area contributed by atoms with Crippen molar-refractivity contribution >= 4 is 11.6 Å². The fourth-order valence-electron chi connectivity index (χ4n) is 2.59. The smallest absolute Gasteiger partial charge is 0.369 e. The van der Waals surface area contributed by atoms with Crippen molar-refractivity contribution in [3.63, 3.8) is 0 Å². The number of nitrogens with zero attached hydrogens (tertiary/aromatic N) is 2. The summed E-state index contributed by atoms with van der Waals surface area (Å²) in [6, 6.07) is 10.3. The molecule has 0 fully saturated rings. The molecule has 0 amide bonds. The van der Waals surface area contributed by atoms with Crippen LogP contribution in [0.1, 0.15) is 17.3 Å². The first-order chi connectivity index (χ1) is 10.8. The van der Waals surface area contributed by atoms with E-state index in [1.807, 2.05) is 0 Å². The highest BCUT2D eigenvalue weighted by Crippen LogP contribution is 2.39. The third-order valence-electron chi connectivity index (χ3n) is 3.91. The Hall–Kier alpha value is -2.54. The van der Waals surface area contributed by atoms with E-state index in [0.717, 1.165) is 11.6 Å². The zero-order valence-electron chi connectivity index (χ0n) is 12.3. The number of rotatable bonds is 1. The van der Waals surface area contributed by atoms with Gasteiger partial charge in [0.1, 0.15) is 6.17 Å². The highest BCUT2D eigenvalue weighted by atomic mass is 19.4. The molecule has 120 valence electrons. The average molecular weight is 320 g/mol. The van der Waals surface area contributed by atoms with Crippen molar-refractivity contribution in [3.05, 3.63) is 53.6 Å². The minimum atomic E-state index is -4.43. The van der Waals surface area contributed by atoms with E-state index in [0.29, 0.717) is 11.3 Å². The van der Waals surface area contributed by atoms with Crippen LogP contribution in [0, 0.1) is 0 Å². The first kappa shape index (κ1) is 15.4. The molecule has 3 rings (SSSR count). The zero-order valence-corrected chi connectivity index (χ0v) is 12.3. The summed E-state index contributed by atoms with van der Waals surface area (Å²) in [6.07, 6.45) is -4.90. The number of alkyl halides is 3. The van der Waals surface area contributed by atoms with E-state index < -0.39 is 17.9 Å². The Morgan fingerprint density at radius 1 is 1.13 bits per heavy atom. The first-order valence-corrected chi connectivity index (χ1v) is 6.92. The van der Waals surface area contributed by atoms with Crippen molar-refractivity contribution in [1.82, 2.24) is 4.90 Å². The van der Waals surface area contributed by atoms with Crippen LogP contribution in [0.3, 0.4) is 0 Å². The van der Waals surface area contributed by atoms with Gasteiger partial charge in [-0.05, 0) is 23.3 Å². The van der Waals surface area contributed by atoms with E-state index in [9.17, 15) is 13.2 Å². The number of hydrogen-bond donors (Lipinski definition) is 2. The fourth-order valence-corrected chi connectivity index (χ4v) is 2.59. The van der Waals surface area contributed by atoms with E-state index >= 15 is 0 Å². The van der Waals surface area contributed by atoms with Crippen LogP contribution < -0.4 is 11.5 Å². The van der Waals surface area contributed by atoms with Gasteiger partial charge < -0.3 is 16.4 Å². The van der Waals surface area contributed by atoms with Crippen LogP contribution in [0.2, 0.25) is 0 Å². The quantitative estimate of drug-likeness (QED) is 0.848. The lowest BCUT2D eigenvalue weighted by Gasteiger charge is -2.31. The molecule has 0 aliphatic carbocycles. The molecule has 0 spiro atoms. The molecule has 2 aromatic carbocycles. The lowest BCUT2D eigenvalue weighted by molar-refractivity contribution is -0.137. The van der Waals surface area contributed by atoms with Crippen molar-refractivity contribution in [2.45, 2.75) is 12.3 Å². The van der Waals surface area contributed by atoms with Crippen LogP contribution in [0.25, 0.3) is 11.1 Å². The maximum atomic E-state index is 13.2. The molecule has 1 aliphatic rings. The Balaban J connectivity index is 2.15. The summed E-state index contributed by atoms with van der Waals surface area (Å²) in [5.74, 6) is 0.228. The number of nitrogens with two attached hydrogens (primary N) is 2. The standard InChI is InChI=1S/C16H15F3N4/c1-23-14(20)11-7-6-9(8-13(11)22-15(23)21)10-4-2-3-5-12(10)16(17,18)19/h2-8,14H,20H2,1H3,(H2,21,22). The van der Waals surface area contributed by atoms with Gasteiger partial charge in [-0.3, -0.25) is 0 Å². The van der Waals surface area contributed by atoms with Crippen LogP contribution >= 0.6 is 0 Å². The van der Waals surface area contributed by atoms with Crippen LogP contribution in [0.5, 0.6) is 0 Å². The van der Waals surface area contributed by atoms with Crippen molar-refractivity contribution in [2.24, 2.45) is 16.5 Å². The van der Waals surface area contributed by atoms with Crippen molar-refractivity contribution in [2.75, 3.05) is 7.05 Å². The zero-order chi connectivity index (χ0) is 16.8. The molecule has 0 radical (unpaired) electrons. The lowest BCUT2D eigenvalue weighted by atomic mass is 9.96. The monoisotopic (exact) mass is 320 g/mol. The van der Waals surface area contributed by atoms with Gasteiger partial charge in [0.05, 0.1) is 11.3 Å². The summed E-state index contributed by atoms with van der Waals surface area (Å²) in [4.78, 5) is 5.82. The Labute approximate surface area is 131 Å². The van der Waals surface area contributed by atoms with Gasteiger partial charge in [0.2, 0.25) is 0 Å². The normalized spacial score (nSPS) is 17.7. The Kier molecular flexibility index (Phi) is 3.52. The molecule has 1 aliphatic heterocycles. The molecule has 4 N–H and O–H groups in total. The molecule has 1 atom stereocenters. The minimum Gasteiger partial charge on any atom is -0.369 e. The van der Waals surface area contributed by atoms with Crippen LogP contribution in [0.4, 0.5) is 18.9 Å². The molecular formula is C16H15F3N4. The predicted octanol–water partition coefficient (Wildman–Crippen LogP) is 3.22. The fraction of sp³-hybridized carbons (Fsp3) is 0.188. The van der Waals surface area contributed by atoms with Crippen LogP contribution in [0.15, 0.2) is 47.5 Å². The van der Waals surface area contributed by atoms with Gasteiger partial charge in [0, 0.05) is 12.6 Å². The summed E-state index contributed by atoms with van der Waals surface area (Å²) in [5.41, 5.74) is 12.9. The molecule has 4 nitrogen and oxygen atoms in total. The van der Waals surface area contributed by atoms with E-state index in [1.54, 1.807) is 36.2 Å². The Bertz CT molecular complexity index is 783. The molecule has 2 aromatic rings. The van der Waals surface area contributed by atoms with E-state index in [1.165, 1.54) is 12.1 Å². The third-order valence-corrected chi connectivity index (χ3v) is 3.91. The number of halogens is 3. The summed E-state index contributed by atoms with van der Waals surface area (Å²) in [5, 5.41) is 0. The Morgan fingerprint density at radius 3 is 2.52 bits per heavy atom. The molecule has 7 heteroatoms. The molecule has 1 heterocycles. The number of benzene rings is 2. The predicted molar refractivity (Wildman–Crippen MR) is 82.9 cm³/mol. The van der Waals surface area contributed by atoms with Gasteiger partial charge in [0.25, 0.3) is 0 Å². The van der Waals surface area contributed by atoms with E-state index in [-0.39, 0.29) is 11.5 Å². The van der Waals surface area contributed by atoms with E-state index in [2.05, 4.69) is 4.99 Å². The van der Waals surface area contributed by atoms with Crippen molar-refractivity contribution in [1.29, 1.82) is 0 Å². The second-order valence-corrected chi connectivity index (χ2v) is 5.34. The number of hydrogen-bond acceptors (Lipinski definition) is 4. The van der Waals surface area contributed by atoms with Crippen molar-refractivity contribution < 1.29 is 13.2 Å². The average Bonchev–Trinajstić information content (AvgIpc) is 2.51. The second-order valence-electron chi connectivity index (χ2n) is 5.34. The summed E-state index contributed by atoms with van der Waals surface area (Å²) < 4.78 is 39.5. The number of aliphatic imine (C=N–C) groups is 1. The van der Waals surface area contributed by atoms with Gasteiger partial charge in [0.15, 0.2) is 5.96 Å². The maximum Gasteiger partial charge on any atom is 0.417 e. The SMILES string of the molecule is CN1C(N)=Nc2cc(-c3ccccc3C(F)(F)F)ccc2C1N. The van der Waals surface area contributed by atoms with Gasteiger partial charge in [-0.2, -0.15) is 13.2 Å². The summed E-state index contributed by atoms with van der Waals surface area (Å²) >= 11 is 0. The van der Waals surface area contributed by atoms with E-state index in [4.69, 9.17) is 11.5 Å². The molecule has 0 saturated carbocycles. The molecular weight excluding hydrogens is 305 g/mol. The largest absolute Gasteiger partial charge is 0.417 e. The second kappa shape index (κ2) is 5.27. The molecule has 1 unspecified atom stereocenters. The third kappa shape index (κ3) is 2.63. The lowest BCUT2D eigenvalue weighted by Crippen LogP contribution is -2.42. The maximum absolute atomic E-state index is 13.2. The summed E-state index contributed by atoms with van der Waals surface area (Å²) in [7, 11) is 1.71. The molecule has 23 heavy (non-hydrogen) atoms. The highest BCUT2D eigenvalue weighted by molar-refractivity contribution is 5.85. The van der Waals surface area contributed by atoms with Gasteiger partial charge >= 0.3 is 6.18 Å². The van der Waals surface area contributed by atoms with Crippen LogP contribution in [-0.2, 0) is 6.18 Å². The Morgan fingerprint density at radius 2 is 1.83 bits per heavy atom. The molecule has 0 bridgehead atoms. The van der Waals surface area contributed by atoms with Crippen molar-refractivity contribution in [3.8, 4) is 11.1 Å². The topological polar surface area (TPSA) is 67.6 Å². The van der Waals surface area contributed by atoms with Gasteiger partial charge in [-0.1, -0.05) is 30.3 Å². The number of guanidine groups is 1.